The van der Waals surface area contributed by atoms with Crippen molar-refractivity contribution in [2.45, 2.75) is 20.4 Å². The zero-order valence-corrected chi connectivity index (χ0v) is 12.9. The highest BCUT2D eigenvalue weighted by Crippen LogP contribution is 2.20. The molecule has 1 saturated heterocycles. The van der Waals surface area contributed by atoms with Gasteiger partial charge in [0.15, 0.2) is 11.6 Å². The van der Waals surface area contributed by atoms with E-state index in [2.05, 4.69) is 11.8 Å². The van der Waals surface area contributed by atoms with Crippen LogP contribution >= 0.6 is 0 Å². The van der Waals surface area contributed by atoms with Crippen LogP contribution in [0.1, 0.15) is 19.4 Å². The first-order chi connectivity index (χ1) is 9.58. The average Bonchev–Trinajstić information content (AvgIpc) is 2.54. The summed E-state index contributed by atoms with van der Waals surface area (Å²) < 4.78 is 30.7. The Labute approximate surface area is 122 Å². The van der Waals surface area contributed by atoms with Gasteiger partial charge in [0.25, 0.3) is 0 Å². The molecule has 0 aromatic heterocycles. The van der Waals surface area contributed by atoms with Crippen LogP contribution in [0.15, 0.2) is 18.2 Å². The van der Waals surface area contributed by atoms with E-state index in [4.69, 9.17) is 4.74 Å². The molecule has 3 nitrogen and oxygen atoms in total. The third-order valence-electron chi connectivity index (χ3n) is 3.38. The summed E-state index contributed by atoms with van der Waals surface area (Å²) in [7, 11) is -0.713. The molecule has 0 aliphatic carbocycles. The van der Waals surface area contributed by atoms with Crippen LogP contribution in [0.5, 0.6) is 5.75 Å². The number of hydrogen-bond donors (Lipinski definition) is 0. The first-order valence-corrected chi connectivity index (χ1v) is 8.56. The minimum absolute atomic E-state index is 0.307. The topological polar surface area (TPSA) is 29.5 Å². The molecule has 0 spiro atoms. The fourth-order valence-corrected chi connectivity index (χ4v) is 3.90. The van der Waals surface area contributed by atoms with Crippen molar-refractivity contribution in [3.63, 3.8) is 0 Å². The monoisotopic (exact) mass is 299 g/mol. The van der Waals surface area contributed by atoms with Gasteiger partial charge in [0.05, 0.1) is 6.61 Å². The van der Waals surface area contributed by atoms with Gasteiger partial charge in [-0.2, -0.15) is 0 Å². The van der Waals surface area contributed by atoms with Crippen molar-refractivity contribution in [2.75, 3.05) is 31.2 Å². The molecule has 1 aliphatic rings. The lowest BCUT2D eigenvalue weighted by Crippen LogP contribution is -2.28. The quantitative estimate of drug-likeness (QED) is 0.855. The number of halogens is 1. The molecule has 0 amide bonds. The van der Waals surface area contributed by atoms with Crippen LogP contribution in [0.2, 0.25) is 0 Å². The summed E-state index contributed by atoms with van der Waals surface area (Å²) in [6.45, 7) is 6.85. The molecule has 1 aromatic carbocycles. The van der Waals surface area contributed by atoms with Crippen molar-refractivity contribution < 1.29 is 13.3 Å². The minimum Gasteiger partial charge on any atom is -0.491 e. The maximum absolute atomic E-state index is 13.8. The Hall–Kier alpha value is -0.940. The second-order valence-corrected chi connectivity index (χ2v) is 6.97. The van der Waals surface area contributed by atoms with Crippen molar-refractivity contribution >= 4 is 10.8 Å². The van der Waals surface area contributed by atoms with E-state index < -0.39 is 10.8 Å². The summed E-state index contributed by atoms with van der Waals surface area (Å²) in [5.41, 5.74) is 0.936. The Balaban J connectivity index is 2.02. The van der Waals surface area contributed by atoms with Gasteiger partial charge in [0.1, 0.15) is 0 Å². The molecule has 112 valence electrons. The molecule has 0 N–H and O–H groups in total. The van der Waals surface area contributed by atoms with Crippen molar-refractivity contribution in [1.82, 2.24) is 4.90 Å². The summed E-state index contributed by atoms with van der Waals surface area (Å²) in [6, 6.07) is 5.13. The third kappa shape index (κ3) is 4.28. The van der Waals surface area contributed by atoms with Crippen LogP contribution in [0.25, 0.3) is 0 Å². The maximum atomic E-state index is 13.8. The predicted molar refractivity (Wildman–Crippen MR) is 79.9 cm³/mol. The number of benzene rings is 1. The standard InChI is InChI=1S/C15H22FNO2S/c1-3-19-15-5-4-13(8-14(15)16)10-17-6-7-20(18)11-12(2)9-17/h4-5,8,12H,3,6-7,9-11H2,1-2H3/t12-,20+/m1/s1. The molecule has 2 rings (SSSR count). The van der Waals surface area contributed by atoms with Gasteiger partial charge < -0.3 is 4.74 Å². The van der Waals surface area contributed by atoms with Crippen molar-refractivity contribution in [3.05, 3.63) is 29.6 Å². The Bertz CT molecular complexity index is 481. The zero-order chi connectivity index (χ0) is 14.5. The van der Waals surface area contributed by atoms with E-state index in [0.29, 0.717) is 30.6 Å². The molecule has 0 saturated carbocycles. The van der Waals surface area contributed by atoms with Gasteiger partial charge in [-0.25, -0.2) is 4.39 Å². The highest BCUT2D eigenvalue weighted by molar-refractivity contribution is 7.85. The van der Waals surface area contributed by atoms with E-state index >= 15 is 0 Å². The van der Waals surface area contributed by atoms with Crippen LogP contribution in [0.4, 0.5) is 4.39 Å². The molecular weight excluding hydrogens is 277 g/mol. The molecule has 0 bridgehead atoms. The molecular formula is C15H22FNO2S. The molecule has 1 aliphatic heterocycles. The molecule has 0 radical (unpaired) electrons. The minimum atomic E-state index is -0.713. The molecule has 2 atom stereocenters. The Kier molecular flexibility index (Phi) is 5.54. The summed E-state index contributed by atoms with van der Waals surface area (Å²) >= 11 is 0. The first-order valence-electron chi connectivity index (χ1n) is 7.07. The van der Waals surface area contributed by atoms with Gasteiger partial charge >= 0.3 is 0 Å². The normalized spacial score (nSPS) is 24.4. The van der Waals surface area contributed by atoms with E-state index in [0.717, 1.165) is 24.4 Å². The summed E-state index contributed by atoms with van der Waals surface area (Å²) in [4.78, 5) is 2.25. The summed E-state index contributed by atoms with van der Waals surface area (Å²) in [5, 5.41) is 0. The number of ether oxygens (including phenoxy) is 1. The lowest BCUT2D eigenvalue weighted by molar-refractivity contribution is 0.256. The zero-order valence-electron chi connectivity index (χ0n) is 12.1. The Morgan fingerprint density at radius 2 is 2.30 bits per heavy atom. The molecule has 1 fully saturated rings. The Morgan fingerprint density at radius 3 is 3.00 bits per heavy atom. The van der Waals surface area contributed by atoms with E-state index in [1.807, 2.05) is 13.0 Å². The van der Waals surface area contributed by atoms with E-state index in [1.54, 1.807) is 6.07 Å². The summed E-state index contributed by atoms with van der Waals surface area (Å²) in [5.74, 6) is 1.90. The van der Waals surface area contributed by atoms with E-state index in [1.165, 1.54) is 6.07 Å². The van der Waals surface area contributed by atoms with Crippen molar-refractivity contribution in [2.24, 2.45) is 5.92 Å². The highest BCUT2D eigenvalue weighted by Gasteiger charge is 2.19. The SMILES string of the molecule is CCOc1ccc(CN2CC[S@](=O)C[C@H](C)C2)cc1F. The number of hydrogen-bond acceptors (Lipinski definition) is 3. The second-order valence-electron chi connectivity index (χ2n) is 5.35. The largest absolute Gasteiger partial charge is 0.491 e. The molecule has 0 unspecified atom stereocenters. The number of nitrogens with zero attached hydrogens (tertiary/aromatic N) is 1. The highest BCUT2D eigenvalue weighted by atomic mass is 32.2. The second kappa shape index (κ2) is 7.18. The van der Waals surface area contributed by atoms with E-state index in [-0.39, 0.29) is 5.82 Å². The fraction of sp³-hybridized carbons (Fsp3) is 0.600. The fourth-order valence-electron chi connectivity index (χ4n) is 2.53. The Morgan fingerprint density at radius 1 is 1.50 bits per heavy atom. The third-order valence-corrected chi connectivity index (χ3v) is 4.96. The lowest BCUT2D eigenvalue weighted by Gasteiger charge is -2.22. The molecule has 1 aromatic rings. The van der Waals surface area contributed by atoms with Crippen molar-refractivity contribution in [1.29, 1.82) is 0 Å². The van der Waals surface area contributed by atoms with Gasteiger partial charge in [0.2, 0.25) is 0 Å². The van der Waals surface area contributed by atoms with Crippen LogP contribution in [0, 0.1) is 11.7 Å². The van der Waals surface area contributed by atoms with Gasteiger partial charge in [-0.15, -0.1) is 0 Å². The van der Waals surface area contributed by atoms with Gasteiger partial charge in [0, 0.05) is 41.9 Å². The lowest BCUT2D eigenvalue weighted by atomic mass is 10.1. The smallest absolute Gasteiger partial charge is 0.165 e. The van der Waals surface area contributed by atoms with Crippen LogP contribution < -0.4 is 4.74 Å². The maximum Gasteiger partial charge on any atom is 0.165 e. The molecule has 20 heavy (non-hydrogen) atoms. The van der Waals surface area contributed by atoms with Gasteiger partial charge in [-0.05, 0) is 30.5 Å². The summed E-state index contributed by atoms with van der Waals surface area (Å²) in [6.07, 6.45) is 0. The number of rotatable bonds is 4. The van der Waals surface area contributed by atoms with Crippen LogP contribution in [-0.4, -0.2) is 40.3 Å². The van der Waals surface area contributed by atoms with E-state index in [9.17, 15) is 8.60 Å². The van der Waals surface area contributed by atoms with Gasteiger partial charge in [-0.1, -0.05) is 13.0 Å². The first kappa shape index (κ1) is 15.4. The van der Waals surface area contributed by atoms with Crippen molar-refractivity contribution in [3.8, 4) is 5.75 Å². The van der Waals surface area contributed by atoms with Crippen LogP contribution in [0.3, 0.4) is 0 Å². The van der Waals surface area contributed by atoms with Gasteiger partial charge in [-0.3, -0.25) is 9.11 Å². The molecule has 5 heteroatoms. The molecule has 1 heterocycles. The van der Waals surface area contributed by atoms with Crippen LogP contribution in [-0.2, 0) is 17.3 Å². The average molecular weight is 299 g/mol. The predicted octanol–water partition coefficient (Wildman–Crippen LogP) is 2.42.